The normalized spacial score (nSPS) is 21.8. The van der Waals surface area contributed by atoms with Crippen molar-refractivity contribution in [3.8, 4) is 0 Å². The van der Waals surface area contributed by atoms with Gasteiger partial charge in [-0.15, -0.1) is 0 Å². The molecule has 286 valence electrons. The van der Waals surface area contributed by atoms with Crippen molar-refractivity contribution in [3.63, 3.8) is 0 Å². The summed E-state index contributed by atoms with van der Waals surface area (Å²) in [7, 11) is 2.87. The summed E-state index contributed by atoms with van der Waals surface area (Å²) in [6.07, 6.45) is 20.9. The average molecular weight is 705 g/mol. The Bertz CT molecular complexity index is 1120. The highest BCUT2D eigenvalue weighted by atomic mass is 16.6. The van der Waals surface area contributed by atoms with Crippen molar-refractivity contribution in [2.75, 3.05) is 40.4 Å². The second-order valence-electron chi connectivity index (χ2n) is 17.1. The summed E-state index contributed by atoms with van der Waals surface area (Å²) in [6.45, 7) is 14.2. The molecule has 50 heavy (non-hydrogen) atoms. The van der Waals surface area contributed by atoms with Crippen molar-refractivity contribution in [1.29, 1.82) is 0 Å². The Morgan fingerprint density at radius 2 is 1.08 bits per heavy atom. The Kier molecular flexibility index (Phi) is 15.5. The number of piperidine rings is 2. The molecule has 4 rings (SSSR count). The van der Waals surface area contributed by atoms with Crippen LogP contribution in [0, 0.1) is 22.7 Å². The number of carbonyl (C=O) groups excluding carboxylic acids is 4. The predicted octanol–water partition coefficient (Wildman–Crippen LogP) is 8.85. The fourth-order valence-electron chi connectivity index (χ4n) is 8.61. The second-order valence-corrected chi connectivity index (χ2v) is 17.1. The Morgan fingerprint density at radius 1 is 0.640 bits per heavy atom. The van der Waals surface area contributed by atoms with Crippen LogP contribution in [0.2, 0.25) is 0 Å². The molecule has 0 spiro atoms. The van der Waals surface area contributed by atoms with E-state index >= 15 is 0 Å². The molecule has 2 amide bonds. The molecule has 0 aromatic rings. The highest BCUT2D eigenvalue weighted by molar-refractivity contribution is 5.81. The molecule has 0 bridgehead atoms. The van der Waals surface area contributed by atoms with E-state index < -0.39 is 11.2 Å². The largest absolute Gasteiger partial charge is 0.469 e. The first-order valence-electron chi connectivity index (χ1n) is 19.3. The highest BCUT2D eigenvalue weighted by Gasteiger charge is 2.44. The lowest BCUT2D eigenvalue weighted by molar-refractivity contribution is -0.142. The van der Waals surface area contributed by atoms with Crippen molar-refractivity contribution in [2.24, 2.45) is 22.7 Å². The first kappa shape index (κ1) is 41.6. The second kappa shape index (κ2) is 18.6. The summed E-state index contributed by atoms with van der Waals surface area (Å²) in [5, 5.41) is 0. The molecule has 4 fully saturated rings. The fraction of sp³-hybridized carbons (Fsp3) is 0.850. The summed E-state index contributed by atoms with van der Waals surface area (Å²) >= 11 is 0. The number of amides is 2. The van der Waals surface area contributed by atoms with E-state index in [2.05, 4.69) is 6.08 Å². The van der Waals surface area contributed by atoms with Gasteiger partial charge in [0.1, 0.15) is 11.2 Å². The minimum atomic E-state index is -0.472. The van der Waals surface area contributed by atoms with Crippen molar-refractivity contribution in [2.45, 2.75) is 155 Å². The molecule has 10 nitrogen and oxygen atoms in total. The van der Waals surface area contributed by atoms with Crippen LogP contribution in [0.3, 0.4) is 0 Å². The van der Waals surface area contributed by atoms with Gasteiger partial charge in [-0.1, -0.05) is 44.6 Å². The number of allylic oxidation sites excluding steroid dienone is 1. The number of hydrogen-bond donors (Lipinski definition) is 0. The molecule has 4 aliphatic rings. The van der Waals surface area contributed by atoms with Crippen LogP contribution in [0.1, 0.15) is 144 Å². The van der Waals surface area contributed by atoms with E-state index in [4.69, 9.17) is 18.9 Å². The van der Waals surface area contributed by atoms with Gasteiger partial charge in [0.25, 0.3) is 0 Å². The van der Waals surface area contributed by atoms with Crippen LogP contribution in [0.4, 0.5) is 9.59 Å². The van der Waals surface area contributed by atoms with Crippen LogP contribution in [-0.2, 0) is 28.5 Å². The number of esters is 2. The Labute approximate surface area is 302 Å². The fourth-order valence-corrected chi connectivity index (χ4v) is 8.61. The zero-order chi connectivity index (χ0) is 37.0. The maximum Gasteiger partial charge on any atom is 0.410 e. The molecule has 10 heteroatoms. The molecule has 2 saturated carbocycles. The summed E-state index contributed by atoms with van der Waals surface area (Å²) in [5.41, 5.74) is -0.764. The summed E-state index contributed by atoms with van der Waals surface area (Å²) in [5.74, 6) is 0.837. The zero-order valence-corrected chi connectivity index (χ0v) is 32.6. The summed E-state index contributed by atoms with van der Waals surface area (Å²) < 4.78 is 20.7. The maximum absolute atomic E-state index is 12.3. The maximum atomic E-state index is 12.3. The zero-order valence-electron chi connectivity index (χ0n) is 32.6. The van der Waals surface area contributed by atoms with Gasteiger partial charge >= 0.3 is 24.1 Å². The Hall–Kier alpha value is -2.78. The van der Waals surface area contributed by atoms with Gasteiger partial charge < -0.3 is 28.7 Å². The molecule has 0 atom stereocenters. The number of hydrogen-bond acceptors (Lipinski definition) is 8. The predicted molar refractivity (Wildman–Crippen MR) is 195 cm³/mol. The molecule has 2 aliphatic carbocycles. The van der Waals surface area contributed by atoms with E-state index in [9.17, 15) is 19.2 Å². The van der Waals surface area contributed by atoms with Crippen LogP contribution in [0.5, 0.6) is 0 Å². The van der Waals surface area contributed by atoms with Crippen LogP contribution < -0.4 is 0 Å². The SMILES string of the molecule is COC(=O)/C=C/C1(C2CCCCC2)CCN(C(=O)OC(C)(C)C)CC1.COC(=O)CCC1(C2CCCCC2)CCN(C(=O)OC(C)(C)C)CC1. The molecule has 0 unspecified atom stereocenters. The molecular weight excluding hydrogens is 636 g/mol. The van der Waals surface area contributed by atoms with Gasteiger partial charge in [0.05, 0.1) is 14.2 Å². The third kappa shape index (κ3) is 12.8. The van der Waals surface area contributed by atoms with Crippen molar-refractivity contribution >= 4 is 24.1 Å². The number of carbonyl (C=O) groups is 4. The molecule has 0 aromatic carbocycles. The van der Waals surface area contributed by atoms with E-state index in [0.717, 1.165) is 45.2 Å². The third-order valence-corrected chi connectivity index (χ3v) is 11.5. The van der Waals surface area contributed by atoms with Gasteiger partial charge in [-0.25, -0.2) is 14.4 Å². The average Bonchev–Trinajstić information content (AvgIpc) is 3.09. The van der Waals surface area contributed by atoms with Crippen LogP contribution in [-0.4, -0.2) is 85.5 Å². The molecule has 2 aliphatic heterocycles. The standard InChI is InChI=1S/C20H35NO4.C20H33NO4/c2*1-19(2,3)25-18(23)21-14-12-20(13-15-21,11-10-17(22)24-4)16-8-6-5-7-9-16/h16H,5-15H2,1-4H3;10-11,16H,5-9,12-15H2,1-4H3/b;11-10+. The number of methoxy groups -OCH3 is 2. The summed E-state index contributed by atoms with van der Waals surface area (Å²) in [6, 6.07) is 0. The Morgan fingerprint density at radius 3 is 1.50 bits per heavy atom. The van der Waals surface area contributed by atoms with Crippen molar-refractivity contribution in [1.82, 2.24) is 9.80 Å². The van der Waals surface area contributed by atoms with Gasteiger partial charge in [-0.2, -0.15) is 0 Å². The van der Waals surface area contributed by atoms with Gasteiger partial charge in [0, 0.05) is 38.7 Å². The van der Waals surface area contributed by atoms with E-state index in [1.807, 2.05) is 46.4 Å². The first-order valence-corrected chi connectivity index (χ1v) is 19.3. The monoisotopic (exact) mass is 704 g/mol. The molecule has 2 heterocycles. The van der Waals surface area contributed by atoms with Gasteiger partial charge in [-0.05, 0) is 122 Å². The quantitative estimate of drug-likeness (QED) is 0.147. The van der Waals surface area contributed by atoms with Gasteiger partial charge in [0.2, 0.25) is 0 Å². The number of nitrogens with zero attached hydrogens (tertiary/aromatic N) is 2. The summed E-state index contributed by atoms with van der Waals surface area (Å²) in [4.78, 5) is 51.6. The topological polar surface area (TPSA) is 112 Å². The van der Waals surface area contributed by atoms with E-state index in [1.165, 1.54) is 78.4 Å². The number of rotatable bonds is 7. The van der Waals surface area contributed by atoms with Gasteiger partial charge in [0.15, 0.2) is 0 Å². The lowest BCUT2D eigenvalue weighted by Crippen LogP contribution is -2.48. The lowest BCUT2D eigenvalue weighted by atomic mass is 9.62. The molecule has 0 radical (unpaired) electrons. The molecule has 2 saturated heterocycles. The van der Waals surface area contributed by atoms with Crippen LogP contribution >= 0.6 is 0 Å². The minimum Gasteiger partial charge on any atom is -0.469 e. The van der Waals surface area contributed by atoms with E-state index in [1.54, 1.807) is 11.0 Å². The minimum absolute atomic E-state index is 0.00682. The number of likely N-dealkylation sites (tertiary alicyclic amines) is 2. The smallest absolute Gasteiger partial charge is 0.410 e. The van der Waals surface area contributed by atoms with E-state index in [-0.39, 0.29) is 35.0 Å². The van der Waals surface area contributed by atoms with E-state index in [0.29, 0.717) is 31.3 Å². The van der Waals surface area contributed by atoms with Gasteiger partial charge in [-0.3, -0.25) is 4.79 Å². The number of ether oxygens (including phenoxy) is 4. The molecule has 0 aromatic heterocycles. The molecular formula is C40H68N2O8. The van der Waals surface area contributed by atoms with Crippen LogP contribution in [0.25, 0.3) is 0 Å². The molecule has 0 N–H and O–H groups in total. The first-order chi connectivity index (χ1) is 23.5. The highest BCUT2D eigenvalue weighted by Crippen LogP contribution is 2.49. The van der Waals surface area contributed by atoms with Crippen LogP contribution in [0.15, 0.2) is 12.2 Å². The van der Waals surface area contributed by atoms with Crippen molar-refractivity contribution < 1.29 is 38.1 Å². The Balaban J connectivity index is 0.000000270. The lowest BCUT2D eigenvalue weighted by Gasteiger charge is -2.48. The third-order valence-electron chi connectivity index (χ3n) is 11.5. The van der Waals surface area contributed by atoms with Crippen molar-refractivity contribution in [3.05, 3.63) is 12.2 Å².